The third kappa shape index (κ3) is 7.49. The highest BCUT2D eigenvalue weighted by atomic mass is 16.3. The molecule has 0 atom stereocenters. The van der Waals surface area contributed by atoms with Crippen LogP contribution in [0.2, 0.25) is 0 Å². The van der Waals surface area contributed by atoms with Gasteiger partial charge in [-0.2, -0.15) is 0 Å². The Kier molecular flexibility index (Phi) is 11.0. The second-order valence-corrected chi connectivity index (χ2v) is 23.8. The molecule has 4 nitrogen and oxygen atoms in total. The molecular weight excluding hydrogens is 961 g/mol. The van der Waals surface area contributed by atoms with E-state index in [1.54, 1.807) is 0 Å². The van der Waals surface area contributed by atoms with Gasteiger partial charge < -0.3 is 18.6 Å². The van der Waals surface area contributed by atoms with E-state index in [1.165, 1.54) is 61.0 Å². The Bertz CT molecular complexity index is 4510. The van der Waals surface area contributed by atoms with E-state index < -0.39 is 5.41 Å². The lowest BCUT2D eigenvalue weighted by molar-refractivity contribution is 0.572. The molecule has 0 saturated heterocycles. The van der Waals surface area contributed by atoms with E-state index in [0.29, 0.717) is 0 Å². The van der Waals surface area contributed by atoms with Crippen LogP contribution >= 0.6 is 0 Å². The predicted octanol–water partition coefficient (Wildman–Crippen LogP) is 21.2. The molecule has 13 aromatic rings. The highest BCUT2D eigenvalue weighted by molar-refractivity contribution is 6.16. The Labute approximate surface area is 462 Å². The second-order valence-electron chi connectivity index (χ2n) is 23.8. The van der Waals surface area contributed by atoms with E-state index in [2.05, 4.69) is 296 Å². The molecule has 0 amide bonds. The number of hydrogen-bond acceptors (Lipinski definition) is 4. The topological polar surface area (TPSA) is 32.8 Å². The van der Waals surface area contributed by atoms with Crippen LogP contribution in [-0.4, -0.2) is 0 Å². The maximum Gasteiger partial charge on any atom is 0.159 e. The molecule has 0 N–H and O–H groups in total. The summed E-state index contributed by atoms with van der Waals surface area (Å²) in [7, 11) is 0. The van der Waals surface area contributed by atoms with Gasteiger partial charge >= 0.3 is 0 Å². The summed E-state index contributed by atoms with van der Waals surface area (Å²) in [6.07, 6.45) is 0. The Hall–Kier alpha value is -9.12. The first-order valence-corrected chi connectivity index (χ1v) is 27.7. The van der Waals surface area contributed by atoms with Crippen molar-refractivity contribution in [2.45, 2.75) is 71.6 Å². The standard InChI is InChI=1S/C75H62N2O2/c1-47-23-17-29-51(43-47)76(65-39-21-35-58-56-33-19-37-61(73(3,4)5)69(56)78-71(58)65)53-41-42-60-63(45-53)75(49-25-11-9-12-26-49,50-27-13-10-14-28-50)64-46-67(54-31-15-16-32-55(54)68(60)64)77(52-30-18-24-48(2)44-52)66-40-22-36-59-57-34-20-38-62(74(6,7)8)70(57)79-72(59)66/h9-46H,1-8H3. The molecular formula is C75H62N2O2. The van der Waals surface area contributed by atoms with Gasteiger partial charge in [0.15, 0.2) is 11.2 Å². The third-order valence-corrected chi connectivity index (χ3v) is 16.6. The summed E-state index contributed by atoms with van der Waals surface area (Å²) < 4.78 is 14.5. The minimum Gasteiger partial charge on any atom is -0.454 e. The number of fused-ring (bicyclic) bond motifs is 11. The number of rotatable bonds is 8. The number of benzene rings is 11. The zero-order valence-electron chi connectivity index (χ0n) is 46.2. The minimum absolute atomic E-state index is 0.116. The van der Waals surface area contributed by atoms with Gasteiger partial charge in [0.25, 0.3) is 0 Å². The second kappa shape index (κ2) is 18.0. The van der Waals surface area contributed by atoms with Gasteiger partial charge in [-0.3, -0.25) is 0 Å². The van der Waals surface area contributed by atoms with E-state index in [4.69, 9.17) is 8.83 Å². The smallest absolute Gasteiger partial charge is 0.159 e. The molecule has 384 valence electrons. The molecule has 0 saturated carbocycles. The summed E-state index contributed by atoms with van der Waals surface area (Å²) in [5, 5.41) is 6.76. The summed E-state index contributed by atoms with van der Waals surface area (Å²) >= 11 is 0. The summed E-state index contributed by atoms with van der Waals surface area (Å²) in [6.45, 7) is 17.9. The fourth-order valence-electron chi connectivity index (χ4n) is 13.2. The van der Waals surface area contributed by atoms with E-state index in [0.717, 1.165) is 83.4 Å². The van der Waals surface area contributed by atoms with Crippen molar-refractivity contribution in [1.29, 1.82) is 0 Å². The van der Waals surface area contributed by atoms with Gasteiger partial charge in [-0.25, -0.2) is 0 Å². The first kappa shape index (κ1) is 48.3. The Morgan fingerprint density at radius 1 is 0.329 bits per heavy atom. The predicted molar refractivity (Wildman–Crippen MR) is 332 cm³/mol. The molecule has 0 aliphatic heterocycles. The van der Waals surface area contributed by atoms with Crippen molar-refractivity contribution in [2.75, 3.05) is 9.80 Å². The summed E-state index contributed by atoms with van der Waals surface area (Å²) in [4.78, 5) is 4.88. The molecule has 1 aliphatic rings. The molecule has 0 fully saturated rings. The van der Waals surface area contributed by atoms with Crippen molar-refractivity contribution in [2.24, 2.45) is 0 Å². The van der Waals surface area contributed by atoms with Gasteiger partial charge in [0, 0.05) is 55.1 Å². The van der Waals surface area contributed by atoms with Crippen LogP contribution in [-0.2, 0) is 16.2 Å². The monoisotopic (exact) mass is 1020 g/mol. The molecule has 0 bridgehead atoms. The average molecular weight is 1020 g/mol. The lowest BCUT2D eigenvalue weighted by Crippen LogP contribution is -2.29. The van der Waals surface area contributed by atoms with Crippen molar-refractivity contribution in [3.63, 3.8) is 0 Å². The largest absolute Gasteiger partial charge is 0.454 e. The summed E-state index contributed by atoms with van der Waals surface area (Å²) in [6, 6.07) is 85.3. The van der Waals surface area contributed by atoms with Crippen molar-refractivity contribution in [3.8, 4) is 11.1 Å². The number of para-hydroxylation sites is 4. The number of hydrogen-bond donors (Lipinski definition) is 0. The van der Waals surface area contributed by atoms with Gasteiger partial charge in [-0.15, -0.1) is 0 Å². The molecule has 79 heavy (non-hydrogen) atoms. The maximum atomic E-state index is 7.26. The van der Waals surface area contributed by atoms with Crippen molar-refractivity contribution < 1.29 is 8.83 Å². The Balaban J connectivity index is 1.08. The lowest BCUT2D eigenvalue weighted by Gasteiger charge is -2.36. The van der Waals surface area contributed by atoms with Gasteiger partial charge in [0.2, 0.25) is 0 Å². The van der Waals surface area contributed by atoms with Crippen molar-refractivity contribution in [3.05, 3.63) is 275 Å². The average Bonchev–Trinajstić information content (AvgIpc) is 3.37. The lowest BCUT2D eigenvalue weighted by atomic mass is 9.67. The SMILES string of the molecule is Cc1cccc(N(c2ccc3c(c2)C(c2ccccc2)(c2ccccc2)c2cc(N(c4cccc(C)c4)c4cccc5c4oc4c(C(C)(C)C)cccc45)c4ccccc4c2-3)c2cccc3c2oc2c(C(C)(C)C)cccc23)c1. The molecule has 0 unspecified atom stereocenters. The highest BCUT2D eigenvalue weighted by Gasteiger charge is 2.48. The van der Waals surface area contributed by atoms with Crippen LogP contribution < -0.4 is 9.80 Å². The third-order valence-electron chi connectivity index (χ3n) is 16.6. The van der Waals surface area contributed by atoms with Gasteiger partial charge in [0.05, 0.1) is 22.5 Å². The zero-order chi connectivity index (χ0) is 54.0. The van der Waals surface area contributed by atoms with Crippen molar-refractivity contribution in [1.82, 2.24) is 0 Å². The van der Waals surface area contributed by atoms with E-state index in [-0.39, 0.29) is 10.8 Å². The maximum absolute atomic E-state index is 7.26. The van der Waals surface area contributed by atoms with Gasteiger partial charge in [0.1, 0.15) is 11.2 Å². The van der Waals surface area contributed by atoms with Crippen LogP contribution in [0.3, 0.4) is 0 Å². The van der Waals surface area contributed by atoms with E-state index in [9.17, 15) is 0 Å². The van der Waals surface area contributed by atoms with E-state index in [1.807, 2.05) is 0 Å². The molecule has 4 heteroatoms. The molecule has 2 aromatic heterocycles. The van der Waals surface area contributed by atoms with Crippen LogP contribution in [0.5, 0.6) is 0 Å². The van der Waals surface area contributed by atoms with Gasteiger partial charge in [-0.1, -0.05) is 217 Å². The number of aryl methyl sites for hydroxylation is 2. The number of nitrogens with zero attached hydrogens (tertiary/aromatic N) is 2. The molecule has 0 spiro atoms. The quantitative estimate of drug-likeness (QED) is 0.152. The molecule has 0 radical (unpaired) electrons. The number of anilines is 6. The minimum atomic E-state index is -0.779. The zero-order valence-corrected chi connectivity index (χ0v) is 46.2. The molecule has 14 rings (SSSR count). The molecule has 11 aromatic carbocycles. The number of furan rings is 2. The fourth-order valence-corrected chi connectivity index (χ4v) is 13.2. The van der Waals surface area contributed by atoms with Crippen molar-refractivity contribution >= 4 is 88.8 Å². The Morgan fingerprint density at radius 3 is 1.28 bits per heavy atom. The van der Waals surface area contributed by atoms with Crippen LogP contribution in [0.1, 0.15) is 86.1 Å². The summed E-state index contributed by atoms with van der Waals surface area (Å²) in [5.74, 6) is 0. The first-order valence-electron chi connectivity index (χ1n) is 27.7. The van der Waals surface area contributed by atoms with Gasteiger partial charge in [-0.05, 0) is 129 Å². The summed E-state index contributed by atoms with van der Waals surface area (Å²) in [5.41, 5.74) is 20.7. The van der Waals surface area contributed by atoms with Crippen LogP contribution in [0.25, 0.3) is 65.8 Å². The van der Waals surface area contributed by atoms with E-state index >= 15 is 0 Å². The first-order chi connectivity index (χ1) is 38.3. The van der Waals surface area contributed by atoms with Crippen LogP contribution in [0.4, 0.5) is 34.1 Å². The normalized spacial score (nSPS) is 13.2. The Morgan fingerprint density at radius 2 is 0.759 bits per heavy atom. The van der Waals surface area contributed by atoms with Crippen LogP contribution in [0.15, 0.2) is 239 Å². The fraction of sp³-hybridized carbons (Fsp3) is 0.147. The molecule has 1 aliphatic carbocycles. The van der Waals surface area contributed by atoms with Crippen LogP contribution in [0, 0.1) is 13.8 Å². The molecule has 2 heterocycles. The highest BCUT2D eigenvalue weighted by Crippen LogP contribution is 2.61.